The fraction of sp³-hybridized carbons (Fsp3) is 0.850. The Bertz CT molecular complexity index is 404. The molecule has 0 amide bonds. The monoisotopic (exact) mass is 319 g/mol. The maximum absolute atomic E-state index is 6.56. The molecule has 1 saturated carbocycles. The van der Waals surface area contributed by atoms with E-state index in [0.29, 0.717) is 12.0 Å². The first-order valence-electron chi connectivity index (χ1n) is 9.91. The van der Waals surface area contributed by atoms with Crippen molar-refractivity contribution < 1.29 is 0 Å². The molecular formula is C20H37N3. The average Bonchev–Trinajstić information content (AvgIpc) is 2.99. The van der Waals surface area contributed by atoms with Crippen LogP contribution in [0.2, 0.25) is 0 Å². The summed E-state index contributed by atoms with van der Waals surface area (Å²) >= 11 is 0. The second-order valence-corrected chi connectivity index (χ2v) is 7.60. The number of rotatable bonds is 10. The molecule has 0 bridgehead atoms. The largest absolute Gasteiger partial charge is 0.324 e. The van der Waals surface area contributed by atoms with Crippen molar-refractivity contribution in [2.75, 3.05) is 0 Å². The molecule has 3 heteroatoms. The molecule has 4 unspecified atom stereocenters. The van der Waals surface area contributed by atoms with E-state index in [-0.39, 0.29) is 11.5 Å². The molecule has 3 N–H and O–H groups in total. The molecule has 2 rings (SSSR count). The van der Waals surface area contributed by atoms with Gasteiger partial charge >= 0.3 is 0 Å². The van der Waals surface area contributed by atoms with Crippen LogP contribution in [0.1, 0.15) is 84.5 Å². The molecule has 0 aromatic carbocycles. The Hall–Kier alpha value is -0.830. The van der Waals surface area contributed by atoms with Gasteiger partial charge in [0.25, 0.3) is 0 Å². The van der Waals surface area contributed by atoms with Crippen LogP contribution < -0.4 is 11.2 Å². The zero-order valence-corrected chi connectivity index (χ0v) is 15.3. The molecule has 3 nitrogen and oxygen atoms in total. The third-order valence-electron chi connectivity index (χ3n) is 6.07. The van der Waals surface area contributed by atoms with Gasteiger partial charge in [0.15, 0.2) is 0 Å². The predicted molar refractivity (Wildman–Crippen MR) is 101 cm³/mol. The molecule has 1 aliphatic heterocycles. The maximum Gasteiger partial charge on any atom is 0.0521 e. The zero-order chi connectivity index (χ0) is 16.7. The Morgan fingerprint density at radius 2 is 2.04 bits per heavy atom. The van der Waals surface area contributed by atoms with Crippen LogP contribution in [-0.4, -0.2) is 17.8 Å². The van der Waals surface area contributed by atoms with Crippen LogP contribution in [0.3, 0.4) is 0 Å². The van der Waals surface area contributed by atoms with Crippen molar-refractivity contribution in [2.45, 2.75) is 96.6 Å². The number of hydrazone groups is 1. The molecule has 1 heterocycles. The van der Waals surface area contributed by atoms with Crippen LogP contribution in [0.5, 0.6) is 0 Å². The van der Waals surface area contributed by atoms with E-state index in [1.54, 1.807) is 0 Å². The number of nitrogens with zero attached hydrogens (tertiary/aromatic N) is 1. The molecule has 23 heavy (non-hydrogen) atoms. The minimum Gasteiger partial charge on any atom is -0.324 e. The smallest absolute Gasteiger partial charge is 0.0521 e. The second-order valence-electron chi connectivity index (χ2n) is 7.60. The number of nitrogens with two attached hydrogens (primary N) is 1. The van der Waals surface area contributed by atoms with Gasteiger partial charge in [0.05, 0.1) is 11.8 Å². The molecule has 132 valence electrons. The highest BCUT2D eigenvalue weighted by molar-refractivity contribution is 5.95. The Balaban J connectivity index is 2.11. The van der Waals surface area contributed by atoms with Gasteiger partial charge in [-0.2, -0.15) is 5.10 Å². The van der Waals surface area contributed by atoms with E-state index in [2.05, 4.69) is 25.9 Å². The van der Waals surface area contributed by atoms with Gasteiger partial charge in [-0.15, -0.1) is 6.58 Å². The van der Waals surface area contributed by atoms with E-state index in [1.165, 1.54) is 76.3 Å². The Labute approximate surface area is 143 Å². The SMILES string of the molecule is C=CC(N)C1(CCCCC)CCCC2C1=NNC2CCCCC. The van der Waals surface area contributed by atoms with E-state index in [1.807, 2.05) is 6.08 Å². The van der Waals surface area contributed by atoms with Crippen molar-refractivity contribution in [1.82, 2.24) is 5.43 Å². The topological polar surface area (TPSA) is 50.4 Å². The Morgan fingerprint density at radius 1 is 1.30 bits per heavy atom. The third-order valence-corrected chi connectivity index (χ3v) is 6.07. The highest BCUT2D eigenvalue weighted by Crippen LogP contribution is 2.46. The molecule has 0 saturated heterocycles. The van der Waals surface area contributed by atoms with E-state index < -0.39 is 0 Å². The number of fused-ring (bicyclic) bond motifs is 1. The summed E-state index contributed by atoms with van der Waals surface area (Å²) in [5.41, 5.74) is 11.5. The zero-order valence-electron chi connectivity index (χ0n) is 15.3. The molecule has 0 aromatic heterocycles. The lowest BCUT2D eigenvalue weighted by Crippen LogP contribution is -2.51. The fourth-order valence-corrected chi connectivity index (χ4v) is 4.65. The van der Waals surface area contributed by atoms with Gasteiger partial charge in [0.2, 0.25) is 0 Å². The molecule has 0 aromatic rings. The predicted octanol–water partition coefficient (Wildman–Crippen LogP) is 4.77. The van der Waals surface area contributed by atoms with E-state index in [0.717, 1.165) is 0 Å². The quantitative estimate of drug-likeness (QED) is 0.450. The summed E-state index contributed by atoms with van der Waals surface area (Å²) in [5, 5.41) is 4.86. The molecule has 1 fully saturated rings. The van der Waals surface area contributed by atoms with Crippen LogP contribution in [0, 0.1) is 11.3 Å². The summed E-state index contributed by atoms with van der Waals surface area (Å²) in [5.74, 6) is 0.605. The van der Waals surface area contributed by atoms with Crippen LogP contribution in [0.25, 0.3) is 0 Å². The van der Waals surface area contributed by atoms with Crippen molar-refractivity contribution >= 4 is 5.71 Å². The van der Waals surface area contributed by atoms with Crippen molar-refractivity contribution in [3.8, 4) is 0 Å². The van der Waals surface area contributed by atoms with Crippen LogP contribution >= 0.6 is 0 Å². The molecule has 0 spiro atoms. The van der Waals surface area contributed by atoms with Gasteiger partial charge in [0.1, 0.15) is 0 Å². The van der Waals surface area contributed by atoms with Gasteiger partial charge in [0, 0.05) is 17.4 Å². The van der Waals surface area contributed by atoms with Crippen molar-refractivity contribution in [1.29, 1.82) is 0 Å². The molecular weight excluding hydrogens is 282 g/mol. The number of hydrogen-bond donors (Lipinski definition) is 2. The highest BCUT2D eigenvalue weighted by atomic mass is 15.3. The summed E-state index contributed by atoms with van der Waals surface area (Å²) in [6.45, 7) is 8.54. The lowest BCUT2D eigenvalue weighted by Gasteiger charge is -2.44. The first-order chi connectivity index (χ1) is 11.2. The van der Waals surface area contributed by atoms with Crippen molar-refractivity contribution in [3.05, 3.63) is 12.7 Å². The first-order valence-corrected chi connectivity index (χ1v) is 9.91. The second kappa shape index (κ2) is 8.86. The number of nitrogens with one attached hydrogen (secondary N) is 1. The Morgan fingerprint density at radius 3 is 2.74 bits per heavy atom. The van der Waals surface area contributed by atoms with Gasteiger partial charge in [-0.05, 0) is 25.7 Å². The van der Waals surface area contributed by atoms with Gasteiger partial charge in [-0.25, -0.2) is 0 Å². The summed E-state index contributed by atoms with van der Waals surface area (Å²) in [4.78, 5) is 0. The summed E-state index contributed by atoms with van der Waals surface area (Å²) < 4.78 is 0. The maximum atomic E-state index is 6.56. The number of unbranched alkanes of at least 4 members (excludes halogenated alkanes) is 4. The lowest BCUT2D eigenvalue weighted by molar-refractivity contribution is 0.247. The number of hydrogen-bond acceptors (Lipinski definition) is 3. The normalized spacial score (nSPS) is 31.2. The minimum atomic E-state index is 0.0390. The van der Waals surface area contributed by atoms with Gasteiger partial charge in [-0.1, -0.05) is 64.9 Å². The fourth-order valence-electron chi connectivity index (χ4n) is 4.65. The molecule has 2 aliphatic rings. The highest BCUT2D eigenvalue weighted by Gasteiger charge is 2.49. The van der Waals surface area contributed by atoms with E-state index in [9.17, 15) is 0 Å². The van der Waals surface area contributed by atoms with E-state index in [4.69, 9.17) is 10.8 Å². The lowest BCUT2D eigenvalue weighted by atomic mass is 9.60. The van der Waals surface area contributed by atoms with Crippen molar-refractivity contribution in [3.63, 3.8) is 0 Å². The summed E-state index contributed by atoms with van der Waals surface area (Å²) in [7, 11) is 0. The van der Waals surface area contributed by atoms with Crippen LogP contribution in [0.4, 0.5) is 0 Å². The molecule has 4 atom stereocenters. The average molecular weight is 320 g/mol. The minimum absolute atomic E-state index is 0.0390. The van der Waals surface area contributed by atoms with Gasteiger partial charge in [-0.3, -0.25) is 0 Å². The Kier molecular flexibility index (Phi) is 7.13. The third kappa shape index (κ3) is 3.99. The molecule has 0 radical (unpaired) electrons. The van der Waals surface area contributed by atoms with Gasteiger partial charge < -0.3 is 11.2 Å². The van der Waals surface area contributed by atoms with Crippen LogP contribution in [-0.2, 0) is 0 Å². The van der Waals surface area contributed by atoms with Crippen molar-refractivity contribution in [2.24, 2.45) is 22.2 Å². The summed E-state index contributed by atoms with van der Waals surface area (Å²) in [6, 6.07) is 0.580. The summed E-state index contributed by atoms with van der Waals surface area (Å²) in [6.07, 6.45) is 15.8. The van der Waals surface area contributed by atoms with Crippen LogP contribution in [0.15, 0.2) is 17.8 Å². The van der Waals surface area contributed by atoms with E-state index >= 15 is 0 Å². The first kappa shape index (κ1) is 18.5. The standard InChI is InChI=1S/C20H37N3/c1-4-7-9-13-17-16-12-11-15-20(18(21)6-3,14-10-8-5-2)19(16)23-22-17/h6,16-18,22H,3-5,7-15,21H2,1-2H3. The molecule has 1 aliphatic carbocycles.